The fourth-order valence-electron chi connectivity index (χ4n) is 4.00. The van der Waals surface area contributed by atoms with Crippen LogP contribution < -0.4 is 15.6 Å². The van der Waals surface area contributed by atoms with Crippen LogP contribution in [0.1, 0.15) is 6.92 Å². The number of ether oxygens (including phenoxy) is 1. The van der Waals surface area contributed by atoms with Crippen molar-refractivity contribution in [3.8, 4) is 22.6 Å². The molecule has 0 aliphatic rings. The summed E-state index contributed by atoms with van der Waals surface area (Å²) in [4.78, 5) is 22.0. The third-order valence-electron chi connectivity index (χ3n) is 5.71. The lowest BCUT2D eigenvalue weighted by Crippen LogP contribution is -2.23. The van der Waals surface area contributed by atoms with Crippen LogP contribution in [0.5, 0.6) is 5.75 Å². The van der Waals surface area contributed by atoms with Gasteiger partial charge in [-0.3, -0.25) is 14.0 Å². The Kier molecular flexibility index (Phi) is 6.43. The maximum Gasteiger partial charge on any atom is 0.405 e. The van der Waals surface area contributed by atoms with Crippen LogP contribution in [0, 0.1) is 0 Å². The lowest BCUT2D eigenvalue weighted by Gasteiger charge is -2.14. The minimum absolute atomic E-state index is 0.0490. The number of nitrogens with zero attached hydrogens (tertiary/aromatic N) is 5. The van der Waals surface area contributed by atoms with Crippen LogP contribution >= 0.6 is 0 Å². The molecule has 0 fully saturated rings. The summed E-state index contributed by atoms with van der Waals surface area (Å²) in [5.74, 6) is -0.441. The highest BCUT2D eigenvalue weighted by Crippen LogP contribution is 2.28. The van der Waals surface area contributed by atoms with Gasteiger partial charge in [-0.2, -0.15) is 27.1 Å². The first-order chi connectivity index (χ1) is 18.1. The van der Waals surface area contributed by atoms with Crippen molar-refractivity contribution in [2.24, 2.45) is 0 Å². The summed E-state index contributed by atoms with van der Waals surface area (Å²) >= 11 is 0. The first kappa shape index (κ1) is 25.1. The van der Waals surface area contributed by atoms with Crippen LogP contribution in [0.25, 0.3) is 38.6 Å². The van der Waals surface area contributed by atoms with Gasteiger partial charge in [-0.05, 0) is 42.8 Å². The Bertz CT molecular complexity index is 1680. The van der Waals surface area contributed by atoms with Crippen molar-refractivity contribution in [3.05, 3.63) is 71.4 Å². The SMILES string of the molecule is CCn1cc2cc(-n3cc4cnc(NCC(F)(F)F)nc4c(-c4ccc(OC(F)F)cc4)c3=O)ccc2n1. The predicted molar refractivity (Wildman–Crippen MR) is 131 cm³/mol. The Morgan fingerprint density at radius 1 is 1.05 bits per heavy atom. The van der Waals surface area contributed by atoms with E-state index in [2.05, 4.69) is 25.1 Å². The van der Waals surface area contributed by atoms with E-state index >= 15 is 0 Å². The lowest BCUT2D eigenvalue weighted by atomic mass is 10.0. The van der Waals surface area contributed by atoms with Gasteiger partial charge in [0.05, 0.1) is 16.6 Å². The number of benzene rings is 2. The molecule has 3 heterocycles. The van der Waals surface area contributed by atoms with Crippen LogP contribution in [-0.4, -0.2) is 43.6 Å². The summed E-state index contributed by atoms with van der Waals surface area (Å²) in [6, 6.07) is 10.6. The Hall–Kier alpha value is -4.55. The molecule has 0 bridgehead atoms. The number of alkyl halides is 5. The van der Waals surface area contributed by atoms with Gasteiger partial charge in [-0.15, -0.1) is 0 Å². The normalized spacial score (nSPS) is 12.0. The zero-order valence-electron chi connectivity index (χ0n) is 19.7. The van der Waals surface area contributed by atoms with Crippen LogP contribution in [-0.2, 0) is 6.54 Å². The molecule has 0 saturated heterocycles. The number of aromatic nitrogens is 5. The lowest BCUT2D eigenvalue weighted by molar-refractivity contribution is -0.115. The molecule has 0 radical (unpaired) electrons. The van der Waals surface area contributed by atoms with Crippen LogP contribution in [0.4, 0.5) is 27.9 Å². The minimum Gasteiger partial charge on any atom is -0.435 e. The van der Waals surface area contributed by atoms with Gasteiger partial charge >= 0.3 is 12.8 Å². The van der Waals surface area contributed by atoms with Crippen molar-refractivity contribution in [1.82, 2.24) is 24.3 Å². The molecule has 5 aromatic rings. The van der Waals surface area contributed by atoms with E-state index in [1.807, 2.05) is 13.1 Å². The second-order valence-electron chi connectivity index (χ2n) is 8.28. The predicted octanol–water partition coefficient (Wildman–Crippen LogP) is 5.39. The molecule has 0 amide bonds. The smallest absolute Gasteiger partial charge is 0.405 e. The van der Waals surface area contributed by atoms with Gasteiger partial charge in [-0.25, -0.2) is 9.97 Å². The molecular weight excluding hydrogens is 511 g/mol. The summed E-state index contributed by atoms with van der Waals surface area (Å²) in [5.41, 5.74) is 1.17. The number of anilines is 1. The van der Waals surface area contributed by atoms with Crippen molar-refractivity contribution >= 4 is 27.8 Å². The Morgan fingerprint density at radius 2 is 1.82 bits per heavy atom. The summed E-state index contributed by atoms with van der Waals surface area (Å²) in [6.45, 7) is -1.78. The molecule has 2 aromatic carbocycles. The molecule has 0 aliphatic heterocycles. The van der Waals surface area contributed by atoms with Crippen molar-refractivity contribution in [2.75, 3.05) is 11.9 Å². The molecule has 0 spiro atoms. The highest BCUT2D eigenvalue weighted by atomic mass is 19.4. The number of fused-ring (bicyclic) bond motifs is 2. The van der Waals surface area contributed by atoms with Gasteiger partial charge in [0, 0.05) is 41.6 Å². The monoisotopic (exact) mass is 530 g/mol. The average molecular weight is 530 g/mol. The highest BCUT2D eigenvalue weighted by molar-refractivity contribution is 5.93. The molecule has 0 unspecified atom stereocenters. The van der Waals surface area contributed by atoms with Crippen LogP contribution in [0.3, 0.4) is 0 Å². The summed E-state index contributed by atoms with van der Waals surface area (Å²) in [5, 5.41) is 7.71. The molecule has 0 saturated carbocycles. The third kappa shape index (κ3) is 5.12. The van der Waals surface area contributed by atoms with E-state index in [0.717, 1.165) is 10.9 Å². The van der Waals surface area contributed by atoms with Gasteiger partial charge in [0.25, 0.3) is 5.56 Å². The summed E-state index contributed by atoms with van der Waals surface area (Å²) in [7, 11) is 0. The van der Waals surface area contributed by atoms with Crippen molar-refractivity contribution in [2.45, 2.75) is 26.3 Å². The molecule has 38 heavy (non-hydrogen) atoms. The number of rotatable bonds is 7. The van der Waals surface area contributed by atoms with Crippen molar-refractivity contribution in [3.63, 3.8) is 0 Å². The molecule has 8 nitrogen and oxygen atoms in total. The Balaban J connectivity index is 1.69. The fourth-order valence-corrected chi connectivity index (χ4v) is 4.00. The standard InChI is InChI=1S/C25H19F5N6O2/c1-2-35-11-15-9-17(5-8-19(15)34-35)36-12-16-10-31-24(32-13-25(28,29)30)33-21(16)20(22(36)37)14-3-6-18(7-4-14)38-23(26)27/h3-12,23H,2,13H2,1H3,(H,32,33). The largest absolute Gasteiger partial charge is 0.435 e. The molecule has 5 rings (SSSR count). The molecule has 0 aliphatic carbocycles. The molecular formula is C25H19F5N6O2. The van der Waals surface area contributed by atoms with E-state index in [4.69, 9.17) is 0 Å². The molecule has 196 valence electrons. The first-order valence-corrected chi connectivity index (χ1v) is 11.4. The number of hydrogen-bond acceptors (Lipinski definition) is 6. The van der Waals surface area contributed by atoms with Gasteiger partial charge in [-0.1, -0.05) is 12.1 Å². The van der Waals surface area contributed by atoms with E-state index < -0.39 is 24.9 Å². The van der Waals surface area contributed by atoms with Crippen LogP contribution in [0.2, 0.25) is 0 Å². The fraction of sp³-hybridized carbons (Fsp3) is 0.200. The van der Waals surface area contributed by atoms with E-state index in [9.17, 15) is 26.7 Å². The number of hydrogen-bond donors (Lipinski definition) is 1. The van der Waals surface area contributed by atoms with Gasteiger partial charge < -0.3 is 10.1 Å². The first-order valence-electron chi connectivity index (χ1n) is 11.4. The Morgan fingerprint density at radius 3 is 2.50 bits per heavy atom. The number of halogens is 5. The number of aryl methyl sites for hydroxylation is 1. The number of pyridine rings is 1. The molecule has 1 N–H and O–H groups in total. The number of nitrogens with one attached hydrogen (secondary N) is 1. The summed E-state index contributed by atoms with van der Waals surface area (Å²) < 4.78 is 70.9. The van der Waals surface area contributed by atoms with Gasteiger partial charge in [0.2, 0.25) is 5.95 Å². The van der Waals surface area contributed by atoms with Crippen molar-refractivity contribution in [1.29, 1.82) is 0 Å². The van der Waals surface area contributed by atoms with E-state index in [1.54, 1.807) is 22.9 Å². The molecule has 3 aromatic heterocycles. The second-order valence-corrected chi connectivity index (χ2v) is 8.28. The second kappa shape index (κ2) is 9.72. The van der Waals surface area contributed by atoms with E-state index in [-0.39, 0.29) is 22.8 Å². The maximum absolute atomic E-state index is 13.8. The zero-order valence-corrected chi connectivity index (χ0v) is 19.7. The molecule has 13 heteroatoms. The van der Waals surface area contributed by atoms with Gasteiger partial charge in [0.15, 0.2) is 0 Å². The van der Waals surface area contributed by atoms with Crippen molar-refractivity contribution < 1.29 is 26.7 Å². The minimum atomic E-state index is -4.50. The quantitative estimate of drug-likeness (QED) is 0.284. The van der Waals surface area contributed by atoms with E-state index in [1.165, 1.54) is 41.2 Å². The average Bonchev–Trinajstić information content (AvgIpc) is 3.30. The third-order valence-corrected chi connectivity index (χ3v) is 5.71. The highest BCUT2D eigenvalue weighted by Gasteiger charge is 2.27. The topological polar surface area (TPSA) is 86.9 Å². The maximum atomic E-state index is 13.8. The Labute approximate surface area is 211 Å². The zero-order chi connectivity index (χ0) is 27.0. The summed E-state index contributed by atoms with van der Waals surface area (Å²) in [6.07, 6.45) is 0.140. The molecule has 0 atom stereocenters. The van der Waals surface area contributed by atoms with E-state index in [0.29, 0.717) is 23.2 Å². The van der Waals surface area contributed by atoms with Crippen LogP contribution in [0.15, 0.2) is 65.8 Å². The van der Waals surface area contributed by atoms with Gasteiger partial charge in [0.1, 0.15) is 12.3 Å².